The van der Waals surface area contributed by atoms with Crippen molar-refractivity contribution in [1.82, 2.24) is 0 Å². The first-order chi connectivity index (χ1) is 8.32. The number of rotatable bonds is 3. The summed E-state index contributed by atoms with van der Waals surface area (Å²) in [6, 6.07) is 8.20. The minimum atomic E-state index is -0.242. The molecule has 0 saturated carbocycles. The molecule has 1 aromatic carbocycles. The molecular weight excluding hydrogens is 292 g/mol. The summed E-state index contributed by atoms with van der Waals surface area (Å²) >= 11 is 3.46. The minimum absolute atomic E-state index is 0.0954. The molecule has 1 fully saturated rings. The highest BCUT2D eigenvalue weighted by atomic mass is 79.9. The van der Waals surface area contributed by atoms with Gasteiger partial charge in [0.05, 0.1) is 5.60 Å². The van der Waals surface area contributed by atoms with Crippen molar-refractivity contribution in [3.8, 4) is 5.75 Å². The Bertz CT molecular complexity index is 426. The first-order valence-electron chi connectivity index (χ1n) is 6.34. The molecule has 0 spiro atoms. The van der Waals surface area contributed by atoms with Crippen LogP contribution in [0, 0.1) is 0 Å². The third kappa shape index (κ3) is 3.07. The number of benzene rings is 1. The van der Waals surface area contributed by atoms with E-state index in [-0.39, 0.29) is 17.3 Å². The lowest BCUT2D eigenvalue weighted by Gasteiger charge is -2.27. The van der Waals surface area contributed by atoms with Crippen LogP contribution in [0.15, 0.2) is 24.3 Å². The lowest BCUT2D eigenvalue weighted by atomic mass is 9.97. The van der Waals surface area contributed by atoms with Gasteiger partial charge in [-0.25, -0.2) is 0 Å². The fraction of sp³-hybridized carbons (Fsp3) is 0.600. The van der Waals surface area contributed by atoms with Crippen molar-refractivity contribution >= 4 is 15.9 Å². The summed E-state index contributed by atoms with van der Waals surface area (Å²) in [5, 5.41) is 0.847. The van der Waals surface area contributed by atoms with Crippen molar-refractivity contribution in [1.29, 1.82) is 0 Å². The van der Waals surface area contributed by atoms with E-state index in [2.05, 4.69) is 55.8 Å². The zero-order valence-electron chi connectivity index (χ0n) is 11.5. The number of hydrogen-bond acceptors (Lipinski definition) is 2. The molecule has 1 saturated heterocycles. The molecule has 100 valence electrons. The van der Waals surface area contributed by atoms with Crippen molar-refractivity contribution in [2.45, 2.75) is 56.8 Å². The molecule has 1 atom stereocenters. The molecular formula is C15H21BrO2. The molecule has 0 bridgehead atoms. The Morgan fingerprint density at radius 3 is 2.61 bits per heavy atom. The van der Waals surface area contributed by atoms with Crippen molar-refractivity contribution in [3.05, 3.63) is 29.8 Å². The van der Waals surface area contributed by atoms with Gasteiger partial charge in [-0.1, -0.05) is 28.1 Å². The molecule has 1 aliphatic rings. The lowest BCUT2D eigenvalue weighted by molar-refractivity contribution is -0.0846. The average Bonchev–Trinajstić information content (AvgIpc) is 2.47. The van der Waals surface area contributed by atoms with E-state index in [1.165, 1.54) is 5.56 Å². The highest BCUT2D eigenvalue weighted by Crippen LogP contribution is 2.39. The largest absolute Gasteiger partial charge is 0.487 e. The monoisotopic (exact) mass is 312 g/mol. The van der Waals surface area contributed by atoms with Crippen LogP contribution in [0.3, 0.4) is 0 Å². The molecule has 2 rings (SSSR count). The molecule has 3 heteroatoms. The topological polar surface area (TPSA) is 18.5 Å². The van der Waals surface area contributed by atoms with Crippen LogP contribution in [0.4, 0.5) is 0 Å². The van der Waals surface area contributed by atoms with Crippen LogP contribution >= 0.6 is 15.9 Å². The Balaban J connectivity index is 2.13. The van der Waals surface area contributed by atoms with Crippen LogP contribution in [-0.2, 0) is 10.1 Å². The van der Waals surface area contributed by atoms with Gasteiger partial charge >= 0.3 is 0 Å². The summed E-state index contributed by atoms with van der Waals surface area (Å²) in [6.07, 6.45) is 1.01. The van der Waals surface area contributed by atoms with Crippen molar-refractivity contribution in [3.63, 3.8) is 0 Å². The Hall–Kier alpha value is -0.540. The Morgan fingerprint density at radius 1 is 1.33 bits per heavy atom. The van der Waals surface area contributed by atoms with E-state index in [9.17, 15) is 0 Å². The summed E-state index contributed by atoms with van der Waals surface area (Å²) in [6.45, 7) is 8.43. The number of alkyl halides is 1. The second kappa shape index (κ2) is 4.86. The predicted molar refractivity (Wildman–Crippen MR) is 77.3 cm³/mol. The molecule has 1 aromatic rings. The minimum Gasteiger partial charge on any atom is -0.487 e. The lowest BCUT2D eigenvalue weighted by Crippen LogP contribution is -2.36. The second-order valence-corrected chi connectivity index (χ2v) is 6.62. The number of ether oxygens (including phenoxy) is 2. The average molecular weight is 313 g/mol. The van der Waals surface area contributed by atoms with Gasteiger partial charge in [0.1, 0.15) is 17.5 Å². The molecule has 1 heterocycles. The summed E-state index contributed by atoms with van der Waals surface area (Å²) in [4.78, 5) is 0. The van der Waals surface area contributed by atoms with Crippen LogP contribution in [0.1, 0.15) is 39.7 Å². The zero-order chi connectivity index (χ0) is 13.4. The van der Waals surface area contributed by atoms with E-state index in [0.29, 0.717) is 0 Å². The summed E-state index contributed by atoms with van der Waals surface area (Å²) < 4.78 is 12.2. The van der Waals surface area contributed by atoms with E-state index < -0.39 is 0 Å². The van der Waals surface area contributed by atoms with Crippen LogP contribution in [0.25, 0.3) is 0 Å². The first-order valence-corrected chi connectivity index (χ1v) is 7.46. The quantitative estimate of drug-likeness (QED) is 0.774. The molecule has 0 aliphatic carbocycles. The first kappa shape index (κ1) is 13.9. The van der Waals surface area contributed by atoms with Crippen LogP contribution < -0.4 is 4.74 Å². The van der Waals surface area contributed by atoms with E-state index in [0.717, 1.165) is 17.5 Å². The maximum atomic E-state index is 6.12. The van der Waals surface area contributed by atoms with Gasteiger partial charge in [-0.3, -0.25) is 0 Å². The molecule has 2 nitrogen and oxygen atoms in total. The normalized spacial score (nSPS) is 25.1. The van der Waals surface area contributed by atoms with Gasteiger partial charge < -0.3 is 9.47 Å². The van der Waals surface area contributed by atoms with Crippen LogP contribution in [0.2, 0.25) is 0 Å². The van der Waals surface area contributed by atoms with Gasteiger partial charge in [-0.2, -0.15) is 0 Å². The fourth-order valence-electron chi connectivity index (χ4n) is 2.56. The van der Waals surface area contributed by atoms with Crippen molar-refractivity contribution < 1.29 is 9.47 Å². The molecule has 0 amide bonds. The third-order valence-electron chi connectivity index (χ3n) is 3.32. The van der Waals surface area contributed by atoms with Gasteiger partial charge in [0.15, 0.2) is 0 Å². The van der Waals surface area contributed by atoms with Gasteiger partial charge in [-0.15, -0.1) is 0 Å². The molecule has 18 heavy (non-hydrogen) atoms. The molecule has 0 aromatic heterocycles. The third-order valence-corrected chi connectivity index (χ3v) is 3.97. The summed E-state index contributed by atoms with van der Waals surface area (Å²) in [5.41, 5.74) is 0.873. The van der Waals surface area contributed by atoms with E-state index in [1.807, 2.05) is 12.1 Å². The number of hydrogen-bond donors (Lipinski definition) is 0. The van der Waals surface area contributed by atoms with E-state index in [1.54, 1.807) is 0 Å². The van der Waals surface area contributed by atoms with Crippen LogP contribution in [-0.4, -0.2) is 17.3 Å². The van der Waals surface area contributed by atoms with Gasteiger partial charge in [0, 0.05) is 11.8 Å². The summed E-state index contributed by atoms with van der Waals surface area (Å²) in [5.74, 6) is 0.923. The maximum Gasteiger partial charge on any atom is 0.130 e. The van der Waals surface area contributed by atoms with Crippen LogP contribution in [0.5, 0.6) is 5.75 Å². The zero-order valence-corrected chi connectivity index (χ0v) is 13.1. The smallest absolute Gasteiger partial charge is 0.130 e. The Kier molecular flexibility index (Phi) is 3.75. The standard InChI is InChI=1S/C15H21BrO2/c1-14(2)9-13(15(3,4)18-14)17-12-7-5-6-11(8-12)10-16/h5-8,13H,9-10H2,1-4H3. The van der Waals surface area contributed by atoms with E-state index in [4.69, 9.17) is 9.47 Å². The molecule has 1 unspecified atom stereocenters. The maximum absolute atomic E-state index is 6.12. The summed E-state index contributed by atoms with van der Waals surface area (Å²) in [7, 11) is 0. The second-order valence-electron chi connectivity index (χ2n) is 6.06. The predicted octanol–water partition coefficient (Wildman–Crippen LogP) is 4.31. The Labute approximate surface area is 118 Å². The van der Waals surface area contributed by atoms with Gasteiger partial charge in [0.2, 0.25) is 0 Å². The van der Waals surface area contributed by atoms with Crippen molar-refractivity contribution in [2.75, 3.05) is 0 Å². The fourth-order valence-corrected chi connectivity index (χ4v) is 2.91. The highest BCUT2D eigenvalue weighted by Gasteiger charge is 2.47. The van der Waals surface area contributed by atoms with Crippen molar-refractivity contribution in [2.24, 2.45) is 0 Å². The highest BCUT2D eigenvalue weighted by molar-refractivity contribution is 9.08. The molecule has 1 aliphatic heterocycles. The van der Waals surface area contributed by atoms with Gasteiger partial charge in [-0.05, 0) is 45.4 Å². The van der Waals surface area contributed by atoms with E-state index >= 15 is 0 Å². The molecule has 0 N–H and O–H groups in total. The SMILES string of the molecule is CC1(C)CC(Oc2cccc(CBr)c2)C(C)(C)O1. The Morgan fingerprint density at radius 2 is 2.06 bits per heavy atom. The molecule has 0 radical (unpaired) electrons. The number of halogens is 1. The van der Waals surface area contributed by atoms with Gasteiger partial charge in [0.25, 0.3) is 0 Å².